The number of ether oxygens (including phenoxy) is 1. The van der Waals surface area contributed by atoms with Crippen molar-refractivity contribution in [3.8, 4) is 11.1 Å². The number of hydrogen-bond donors (Lipinski definition) is 1. The van der Waals surface area contributed by atoms with Gasteiger partial charge in [0.05, 0.1) is 12.1 Å². The summed E-state index contributed by atoms with van der Waals surface area (Å²) in [4.78, 5) is 16.3. The average Bonchev–Trinajstić information content (AvgIpc) is 3.05. The Morgan fingerprint density at radius 1 is 1.14 bits per heavy atom. The molecule has 0 unspecified atom stereocenters. The van der Waals surface area contributed by atoms with E-state index >= 15 is 0 Å². The Morgan fingerprint density at radius 2 is 1.93 bits per heavy atom. The number of anilines is 2. The Bertz CT molecular complexity index is 1170. The smallest absolute Gasteiger partial charge is 0.341 e. The molecule has 6 heteroatoms. The first-order valence-electron chi connectivity index (χ1n) is 8.72. The first-order chi connectivity index (χ1) is 13.6. The van der Waals surface area contributed by atoms with Gasteiger partial charge in [-0.25, -0.2) is 9.78 Å². The molecule has 0 amide bonds. The van der Waals surface area contributed by atoms with Crippen LogP contribution in [-0.4, -0.2) is 22.6 Å². The highest BCUT2D eigenvalue weighted by Gasteiger charge is 2.15. The number of nitrogens with one attached hydrogen (secondary N) is 1. The van der Waals surface area contributed by atoms with Crippen LogP contribution in [0.15, 0.2) is 67.0 Å². The van der Waals surface area contributed by atoms with Crippen LogP contribution in [0.1, 0.15) is 10.4 Å². The summed E-state index contributed by atoms with van der Waals surface area (Å²) in [5.74, 6) is -0.101. The molecule has 0 aliphatic rings. The zero-order valence-corrected chi connectivity index (χ0v) is 16.2. The van der Waals surface area contributed by atoms with Gasteiger partial charge in [0.1, 0.15) is 11.4 Å². The number of pyridine rings is 1. The molecule has 0 saturated heterocycles. The van der Waals surface area contributed by atoms with E-state index in [0.29, 0.717) is 10.8 Å². The minimum absolute atomic E-state index is 0.284. The molecule has 0 radical (unpaired) electrons. The van der Waals surface area contributed by atoms with E-state index in [9.17, 15) is 4.79 Å². The number of methoxy groups -OCH3 is 1. The van der Waals surface area contributed by atoms with Crippen molar-refractivity contribution in [1.82, 2.24) is 9.55 Å². The number of rotatable bonds is 4. The van der Waals surface area contributed by atoms with Crippen LogP contribution in [0.5, 0.6) is 0 Å². The van der Waals surface area contributed by atoms with E-state index in [1.165, 1.54) is 13.3 Å². The topological polar surface area (TPSA) is 56.1 Å². The zero-order chi connectivity index (χ0) is 19.7. The van der Waals surface area contributed by atoms with Crippen molar-refractivity contribution in [2.24, 2.45) is 7.05 Å². The monoisotopic (exact) mass is 391 g/mol. The zero-order valence-electron chi connectivity index (χ0n) is 15.4. The molecule has 2 aromatic heterocycles. The van der Waals surface area contributed by atoms with Crippen molar-refractivity contribution >= 4 is 40.0 Å². The Balaban J connectivity index is 1.78. The number of carbonyl (C=O) groups is 1. The third kappa shape index (κ3) is 3.32. The lowest BCUT2D eigenvalue weighted by molar-refractivity contribution is 0.0601. The fourth-order valence-electron chi connectivity index (χ4n) is 3.26. The molecule has 0 bridgehead atoms. The van der Waals surface area contributed by atoms with E-state index < -0.39 is 5.97 Å². The standard InChI is InChI=1S/C22H18ClN3O2/c1-26-13-19(14-6-4-3-5-7-14)17-11-16(8-9-20(17)26)25-21-18(22(27)28-2)10-15(23)12-24-21/h3-13H,1-2H3,(H,24,25). The second kappa shape index (κ2) is 7.37. The number of aryl methyl sites for hydroxylation is 1. The van der Waals surface area contributed by atoms with Crippen molar-refractivity contribution < 1.29 is 9.53 Å². The summed E-state index contributed by atoms with van der Waals surface area (Å²) in [6.45, 7) is 0. The lowest BCUT2D eigenvalue weighted by Gasteiger charge is -2.11. The summed E-state index contributed by atoms with van der Waals surface area (Å²) in [6.07, 6.45) is 3.61. The van der Waals surface area contributed by atoms with E-state index in [4.69, 9.17) is 16.3 Å². The maximum atomic E-state index is 12.1. The van der Waals surface area contributed by atoms with Gasteiger partial charge in [0.15, 0.2) is 0 Å². The van der Waals surface area contributed by atoms with Gasteiger partial charge in [-0.05, 0) is 29.8 Å². The molecule has 0 spiro atoms. The fraction of sp³-hybridized carbons (Fsp3) is 0.0909. The van der Waals surface area contributed by atoms with Crippen molar-refractivity contribution in [2.75, 3.05) is 12.4 Å². The van der Waals surface area contributed by atoms with Gasteiger partial charge in [0.25, 0.3) is 0 Å². The first-order valence-corrected chi connectivity index (χ1v) is 9.10. The molecule has 0 aliphatic heterocycles. The second-order valence-corrected chi connectivity index (χ2v) is 6.85. The minimum Gasteiger partial charge on any atom is -0.465 e. The largest absolute Gasteiger partial charge is 0.465 e. The first kappa shape index (κ1) is 18.1. The number of esters is 1. The lowest BCUT2D eigenvalue weighted by Crippen LogP contribution is -2.07. The number of hydrogen-bond acceptors (Lipinski definition) is 4. The van der Waals surface area contributed by atoms with Gasteiger partial charge in [-0.1, -0.05) is 41.9 Å². The van der Waals surface area contributed by atoms with Crippen molar-refractivity contribution in [3.63, 3.8) is 0 Å². The van der Waals surface area contributed by atoms with Crippen molar-refractivity contribution in [3.05, 3.63) is 77.6 Å². The van der Waals surface area contributed by atoms with Crippen LogP contribution in [0.25, 0.3) is 22.0 Å². The van der Waals surface area contributed by atoms with E-state index in [1.54, 1.807) is 6.07 Å². The van der Waals surface area contributed by atoms with Gasteiger partial charge in [-0.3, -0.25) is 0 Å². The molecule has 4 rings (SSSR count). The van der Waals surface area contributed by atoms with Crippen molar-refractivity contribution in [1.29, 1.82) is 0 Å². The predicted molar refractivity (Wildman–Crippen MR) is 112 cm³/mol. The molecule has 0 fully saturated rings. The predicted octanol–water partition coefficient (Wildman–Crippen LogP) is 5.42. The number of carbonyl (C=O) groups excluding carboxylic acids is 1. The molecular weight excluding hydrogens is 374 g/mol. The summed E-state index contributed by atoms with van der Waals surface area (Å²) in [6, 6.07) is 17.8. The van der Waals surface area contributed by atoms with Gasteiger partial charge >= 0.3 is 5.97 Å². The van der Waals surface area contributed by atoms with Crippen LogP contribution < -0.4 is 5.32 Å². The summed E-state index contributed by atoms with van der Waals surface area (Å²) in [5, 5.41) is 4.69. The van der Waals surface area contributed by atoms with E-state index in [1.807, 2.05) is 37.4 Å². The highest BCUT2D eigenvalue weighted by atomic mass is 35.5. The highest BCUT2D eigenvalue weighted by molar-refractivity contribution is 6.30. The average molecular weight is 392 g/mol. The number of halogens is 1. The molecule has 2 aromatic carbocycles. The Hall–Kier alpha value is -3.31. The Morgan fingerprint density at radius 3 is 2.68 bits per heavy atom. The maximum Gasteiger partial charge on any atom is 0.341 e. The van der Waals surface area contributed by atoms with Crippen LogP contribution in [-0.2, 0) is 11.8 Å². The molecule has 0 aliphatic carbocycles. The molecule has 5 nitrogen and oxygen atoms in total. The highest BCUT2D eigenvalue weighted by Crippen LogP contribution is 2.33. The van der Waals surface area contributed by atoms with Gasteiger partial charge in [0.2, 0.25) is 0 Å². The molecule has 4 aromatic rings. The van der Waals surface area contributed by atoms with Crippen molar-refractivity contribution in [2.45, 2.75) is 0 Å². The summed E-state index contributed by atoms with van der Waals surface area (Å²) < 4.78 is 6.94. The SMILES string of the molecule is COC(=O)c1cc(Cl)cnc1Nc1ccc2c(c1)c(-c1ccccc1)cn2C. The van der Waals surface area contributed by atoms with Crippen LogP contribution in [0.2, 0.25) is 5.02 Å². The quantitative estimate of drug-likeness (QED) is 0.471. The molecule has 28 heavy (non-hydrogen) atoms. The summed E-state index contributed by atoms with van der Waals surface area (Å²) >= 11 is 5.99. The van der Waals surface area contributed by atoms with E-state index in [2.05, 4.69) is 39.3 Å². The summed E-state index contributed by atoms with van der Waals surface area (Å²) in [7, 11) is 3.35. The fourth-order valence-corrected chi connectivity index (χ4v) is 3.42. The third-order valence-corrected chi connectivity index (χ3v) is 4.80. The number of fused-ring (bicyclic) bond motifs is 1. The Kier molecular flexibility index (Phi) is 4.75. The lowest BCUT2D eigenvalue weighted by atomic mass is 10.0. The maximum absolute atomic E-state index is 12.1. The minimum atomic E-state index is -0.497. The third-order valence-electron chi connectivity index (χ3n) is 4.60. The number of aromatic nitrogens is 2. The van der Waals surface area contributed by atoms with E-state index in [-0.39, 0.29) is 5.56 Å². The van der Waals surface area contributed by atoms with Gasteiger partial charge in [-0.2, -0.15) is 0 Å². The molecule has 0 atom stereocenters. The van der Waals surface area contributed by atoms with Gasteiger partial charge in [-0.15, -0.1) is 0 Å². The molecule has 2 heterocycles. The molecule has 140 valence electrons. The summed E-state index contributed by atoms with van der Waals surface area (Å²) in [5.41, 5.74) is 4.49. The van der Waals surface area contributed by atoms with Crippen LogP contribution in [0, 0.1) is 0 Å². The second-order valence-electron chi connectivity index (χ2n) is 6.42. The number of benzene rings is 2. The Labute approximate surface area is 167 Å². The molecular formula is C22H18ClN3O2. The number of nitrogens with zero attached hydrogens (tertiary/aromatic N) is 2. The molecule has 1 N–H and O–H groups in total. The van der Waals surface area contributed by atoms with Crippen LogP contribution >= 0.6 is 11.6 Å². The van der Waals surface area contributed by atoms with Crippen LogP contribution in [0.3, 0.4) is 0 Å². The van der Waals surface area contributed by atoms with E-state index in [0.717, 1.165) is 27.7 Å². The molecule has 0 saturated carbocycles. The van der Waals surface area contributed by atoms with Crippen LogP contribution in [0.4, 0.5) is 11.5 Å². The normalized spacial score (nSPS) is 10.8. The van der Waals surface area contributed by atoms with Gasteiger partial charge in [0, 0.05) is 41.6 Å². The van der Waals surface area contributed by atoms with Gasteiger partial charge < -0.3 is 14.6 Å².